The molecule has 0 unspecified atom stereocenters. The van der Waals surface area contributed by atoms with Gasteiger partial charge in [0.2, 0.25) is 0 Å². The van der Waals surface area contributed by atoms with Gasteiger partial charge < -0.3 is 20.8 Å². The van der Waals surface area contributed by atoms with Crippen LogP contribution in [-0.4, -0.2) is 18.2 Å². The van der Waals surface area contributed by atoms with Crippen molar-refractivity contribution in [3.8, 4) is 5.75 Å². The molecule has 4 nitrogen and oxygen atoms in total. The van der Waals surface area contributed by atoms with Crippen LogP contribution in [0.5, 0.6) is 5.75 Å². The van der Waals surface area contributed by atoms with E-state index in [1.54, 1.807) is 7.11 Å². The molecule has 1 atom stereocenters. The molecule has 0 saturated carbocycles. The lowest BCUT2D eigenvalue weighted by molar-refractivity contribution is 0.415. The Hall–Kier alpha value is -1.52. The Bertz CT molecular complexity index is 545. The first-order valence-corrected chi connectivity index (χ1v) is 5.68. The van der Waals surface area contributed by atoms with Crippen LogP contribution in [0.15, 0.2) is 18.2 Å². The maximum absolute atomic E-state index is 6.09. The van der Waals surface area contributed by atoms with E-state index < -0.39 is 0 Å². The van der Waals surface area contributed by atoms with Crippen molar-refractivity contribution in [1.29, 1.82) is 0 Å². The minimum Gasteiger partial charge on any atom is -0.497 e. The van der Waals surface area contributed by atoms with E-state index in [0.717, 1.165) is 27.9 Å². The van der Waals surface area contributed by atoms with Gasteiger partial charge in [-0.25, -0.2) is 0 Å². The topological polar surface area (TPSA) is 66.2 Å². The van der Waals surface area contributed by atoms with Crippen LogP contribution in [0.4, 0.5) is 0 Å². The lowest BCUT2D eigenvalue weighted by Gasteiger charge is -2.10. The molecule has 0 aliphatic heterocycles. The Balaban J connectivity index is 2.75. The Morgan fingerprint density at radius 2 is 2.12 bits per heavy atom. The van der Waals surface area contributed by atoms with Gasteiger partial charge in [0, 0.05) is 36.2 Å². The zero-order chi connectivity index (χ0) is 12.6. The molecule has 4 N–H and O–H groups in total. The second-order valence-electron chi connectivity index (χ2n) is 4.28. The first-order chi connectivity index (χ1) is 8.10. The van der Waals surface area contributed by atoms with Gasteiger partial charge in [0.1, 0.15) is 5.75 Å². The summed E-state index contributed by atoms with van der Waals surface area (Å²) in [6, 6.07) is 5.89. The number of benzene rings is 1. The van der Waals surface area contributed by atoms with Crippen LogP contribution >= 0.6 is 0 Å². The lowest BCUT2D eigenvalue weighted by Crippen LogP contribution is -2.21. The van der Waals surface area contributed by atoms with Crippen molar-refractivity contribution in [2.24, 2.45) is 18.5 Å². The average Bonchev–Trinajstić information content (AvgIpc) is 2.60. The molecular formula is C13H19N3O. The second-order valence-corrected chi connectivity index (χ2v) is 4.28. The molecule has 0 amide bonds. The van der Waals surface area contributed by atoms with Crippen LogP contribution in [0, 0.1) is 6.92 Å². The predicted octanol–water partition coefficient (Wildman–Crippen LogP) is 1.45. The van der Waals surface area contributed by atoms with Gasteiger partial charge in [0.05, 0.1) is 7.11 Å². The molecule has 1 aromatic heterocycles. The van der Waals surface area contributed by atoms with Crippen LogP contribution < -0.4 is 16.2 Å². The number of fused-ring (bicyclic) bond motifs is 1. The third kappa shape index (κ3) is 1.79. The summed E-state index contributed by atoms with van der Waals surface area (Å²) in [5.74, 6) is 0.841. The van der Waals surface area contributed by atoms with E-state index in [-0.39, 0.29) is 6.04 Å². The maximum atomic E-state index is 6.09. The average molecular weight is 233 g/mol. The molecule has 0 spiro atoms. The number of rotatable bonds is 3. The van der Waals surface area contributed by atoms with Crippen molar-refractivity contribution >= 4 is 10.9 Å². The molecule has 0 saturated heterocycles. The quantitative estimate of drug-likeness (QED) is 0.843. The molecule has 17 heavy (non-hydrogen) atoms. The first kappa shape index (κ1) is 12.0. The molecule has 0 radical (unpaired) electrons. The van der Waals surface area contributed by atoms with Gasteiger partial charge >= 0.3 is 0 Å². The molecule has 0 fully saturated rings. The Morgan fingerprint density at radius 1 is 1.41 bits per heavy atom. The van der Waals surface area contributed by atoms with Gasteiger partial charge in [-0.2, -0.15) is 0 Å². The van der Waals surface area contributed by atoms with E-state index >= 15 is 0 Å². The summed E-state index contributed by atoms with van der Waals surface area (Å²) in [6.07, 6.45) is 0. The fourth-order valence-corrected chi connectivity index (χ4v) is 2.29. The minimum absolute atomic E-state index is 0.134. The number of aromatic nitrogens is 1. The molecule has 4 heteroatoms. The second kappa shape index (κ2) is 4.39. The number of hydrogen-bond donors (Lipinski definition) is 2. The summed E-state index contributed by atoms with van der Waals surface area (Å²) in [5.41, 5.74) is 15.2. The predicted molar refractivity (Wildman–Crippen MR) is 70.2 cm³/mol. The molecule has 92 valence electrons. The van der Waals surface area contributed by atoms with Crippen LogP contribution in [-0.2, 0) is 7.05 Å². The molecule has 0 aliphatic rings. The SMILES string of the molecule is COc1ccc2c(c1)c([C@@H](N)CN)c(C)n2C. The van der Waals surface area contributed by atoms with Gasteiger partial charge in [0.25, 0.3) is 0 Å². The summed E-state index contributed by atoms with van der Waals surface area (Å²) in [4.78, 5) is 0. The highest BCUT2D eigenvalue weighted by atomic mass is 16.5. The standard InChI is InChI=1S/C13H19N3O/c1-8-13(11(15)7-14)10-6-9(17-3)4-5-12(10)16(8)2/h4-6,11H,7,14-15H2,1-3H3/t11-/m0/s1. The van der Waals surface area contributed by atoms with Crippen molar-refractivity contribution < 1.29 is 4.74 Å². The van der Waals surface area contributed by atoms with E-state index in [9.17, 15) is 0 Å². The molecule has 2 rings (SSSR count). The van der Waals surface area contributed by atoms with E-state index in [0.29, 0.717) is 6.54 Å². The number of nitrogens with two attached hydrogens (primary N) is 2. The van der Waals surface area contributed by atoms with Crippen LogP contribution in [0.25, 0.3) is 10.9 Å². The number of ether oxygens (including phenoxy) is 1. The normalized spacial score (nSPS) is 13.0. The van der Waals surface area contributed by atoms with Crippen molar-refractivity contribution in [1.82, 2.24) is 4.57 Å². The van der Waals surface area contributed by atoms with Crippen molar-refractivity contribution in [2.45, 2.75) is 13.0 Å². The molecule has 1 heterocycles. The molecule has 1 aromatic carbocycles. The first-order valence-electron chi connectivity index (χ1n) is 5.68. The van der Waals surface area contributed by atoms with Crippen molar-refractivity contribution in [3.05, 3.63) is 29.5 Å². The Labute approximate surface area is 101 Å². The van der Waals surface area contributed by atoms with Gasteiger partial charge in [-0.05, 0) is 30.7 Å². The van der Waals surface area contributed by atoms with Gasteiger partial charge in [-0.1, -0.05) is 0 Å². The molecular weight excluding hydrogens is 214 g/mol. The van der Waals surface area contributed by atoms with Crippen LogP contribution in [0.2, 0.25) is 0 Å². The molecule has 0 bridgehead atoms. The fraction of sp³-hybridized carbons (Fsp3) is 0.385. The molecule has 2 aromatic rings. The monoisotopic (exact) mass is 233 g/mol. The maximum Gasteiger partial charge on any atom is 0.119 e. The minimum atomic E-state index is -0.134. The van der Waals surface area contributed by atoms with E-state index in [2.05, 4.69) is 11.5 Å². The Kier molecular flexibility index (Phi) is 3.09. The summed E-state index contributed by atoms with van der Waals surface area (Å²) >= 11 is 0. The number of aryl methyl sites for hydroxylation is 1. The summed E-state index contributed by atoms with van der Waals surface area (Å²) in [6.45, 7) is 2.51. The highest BCUT2D eigenvalue weighted by Gasteiger charge is 2.17. The zero-order valence-corrected chi connectivity index (χ0v) is 10.5. The summed E-state index contributed by atoms with van der Waals surface area (Å²) < 4.78 is 7.40. The van der Waals surface area contributed by atoms with Crippen molar-refractivity contribution in [2.75, 3.05) is 13.7 Å². The number of hydrogen-bond acceptors (Lipinski definition) is 3. The highest BCUT2D eigenvalue weighted by Crippen LogP contribution is 2.31. The third-order valence-corrected chi connectivity index (χ3v) is 3.37. The number of methoxy groups -OCH3 is 1. The highest BCUT2D eigenvalue weighted by molar-refractivity contribution is 5.87. The smallest absolute Gasteiger partial charge is 0.119 e. The molecule has 0 aliphatic carbocycles. The summed E-state index contributed by atoms with van der Waals surface area (Å²) in [7, 11) is 3.70. The van der Waals surface area contributed by atoms with E-state index in [4.69, 9.17) is 16.2 Å². The van der Waals surface area contributed by atoms with Crippen LogP contribution in [0.1, 0.15) is 17.3 Å². The van der Waals surface area contributed by atoms with Gasteiger partial charge in [-0.15, -0.1) is 0 Å². The van der Waals surface area contributed by atoms with E-state index in [1.165, 1.54) is 0 Å². The largest absolute Gasteiger partial charge is 0.497 e. The zero-order valence-electron chi connectivity index (χ0n) is 10.5. The summed E-state index contributed by atoms with van der Waals surface area (Å²) in [5, 5.41) is 1.13. The van der Waals surface area contributed by atoms with Crippen LogP contribution in [0.3, 0.4) is 0 Å². The van der Waals surface area contributed by atoms with Crippen molar-refractivity contribution in [3.63, 3.8) is 0 Å². The Morgan fingerprint density at radius 3 is 2.71 bits per heavy atom. The van der Waals surface area contributed by atoms with Gasteiger partial charge in [-0.3, -0.25) is 0 Å². The van der Waals surface area contributed by atoms with E-state index in [1.807, 2.05) is 25.2 Å². The van der Waals surface area contributed by atoms with Gasteiger partial charge in [0.15, 0.2) is 0 Å². The fourth-order valence-electron chi connectivity index (χ4n) is 2.29. The third-order valence-electron chi connectivity index (χ3n) is 3.37. The lowest BCUT2D eigenvalue weighted by atomic mass is 10.0. The number of nitrogens with zero attached hydrogens (tertiary/aromatic N) is 1.